The van der Waals surface area contributed by atoms with Crippen LogP contribution in [0.1, 0.15) is 11.1 Å². The fourth-order valence-electron chi connectivity index (χ4n) is 4.55. The van der Waals surface area contributed by atoms with Crippen molar-refractivity contribution in [1.29, 1.82) is 0 Å². The van der Waals surface area contributed by atoms with Gasteiger partial charge in [-0.25, -0.2) is 4.79 Å². The van der Waals surface area contributed by atoms with Gasteiger partial charge >= 0.3 is 6.03 Å². The van der Waals surface area contributed by atoms with Gasteiger partial charge in [0.05, 0.1) is 12.6 Å². The molecule has 3 rings (SSSR count). The van der Waals surface area contributed by atoms with Crippen LogP contribution in [0.2, 0.25) is 0 Å². The van der Waals surface area contributed by atoms with E-state index in [0.717, 1.165) is 24.2 Å². The highest BCUT2D eigenvalue weighted by atomic mass is 16.3. The van der Waals surface area contributed by atoms with Crippen LogP contribution in [0.4, 0.5) is 4.79 Å². The van der Waals surface area contributed by atoms with Gasteiger partial charge in [-0.2, -0.15) is 0 Å². The van der Waals surface area contributed by atoms with Crippen LogP contribution >= 0.6 is 0 Å². The summed E-state index contributed by atoms with van der Waals surface area (Å²) in [5, 5.41) is 13.2. The summed E-state index contributed by atoms with van der Waals surface area (Å²) in [5.41, 5.74) is 2.11. The molecule has 196 valence electrons. The molecule has 2 atom stereocenters. The Balaban J connectivity index is 1.79. The molecule has 1 heterocycles. The number of hydrogen-bond donors (Lipinski definition) is 2. The minimum absolute atomic E-state index is 0.0588. The van der Waals surface area contributed by atoms with Crippen molar-refractivity contribution in [2.24, 2.45) is 0 Å². The molecule has 3 amide bonds. The normalized spacial score (nSPS) is 16.0. The molecule has 0 saturated carbocycles. The zero-order chi connectivity index (χ0) is 25.9. The van der Waals surface area contributed by atoms with Crippen LogP contribution in [0.15, 0.2) is 60.7 Å². The second-order valence-electron chi connectivity index (χ2n) is 9.85. The minimum Gasteiger partial charge on any atom is -0.394 e. The lowest BCUT2D eigenvalue weighted by molar-refractivity contribution is -0.134. The molecule has 0 radical (unpaired) electrons. The van der Waals surface area contributed by atoms with Gasteiger partial charge in [0.2, 0.25) is 5.91 Å². The summed E-state index contributed by atoms with van der Waals surface area (Å²) in [7, 11) is 5.89. The first-order valence-corrected chi connectivity index (χ1v) is 12.7. The van der Waals surface area contributed by atoms with Crippen LogP contribution in [0.5, 0.6) is 0 Å². The first kappa shape index (κ1) is 27.6. The molecule has 2 unspecified atom stereocenters. The van der Waals surface area contributed by atoms with E-state index < -0.39 is 6.04 Å². The van der Waals surface area contributed by atoms with E-state index >= 15 is 0 Å². The third kappa shape index (κ3) is 8.33. The number of piperazine rings is 1. The van der Waals surface area contributed by atoms with E-state index in [1.807, 2.05) is 84.6 Å². The van der Waals surface area contributed by atoms with Crippen molar-refractivity contribution in [2.75, 3.05) is 67.0 Å². The SMILES string of the molecule is CN(C)CC(CO)N(CCc1ccccc1)C(=O)NC(Cc1ccccc1)C(=O)N1CCN(C)CC1. The predicted molar refractivity (Wildman–Crippen MR) is 143 cm³/mol. The molecule has 8 nitrogen and oxygen atoms in total. The van der Waals surface area contributed by atoms with Crippen LogP contribution in [-0.2, 0) is 17.6 Å². The molecule has 36 heavy (non-hydrogen) atoms. The van der Waals surface area contributed by atoms with Crippen molar-refractivity contribution >= 4 is 11.9 Å². The zero-order valence-corrected chi connectivity index (χ0v) is 21.8. The molecular formula is C28H41N5O3. The van der Waals surface area contributed by atoms with E-state index in [1.165, 1.54) is 0 Å². The first-order valence-electron chi connectivity index (χ1n) is 12.7. The second-order valence-corrected chi connectivity index (χ2v) is 9.85. The van der Waals surface area contributed by atoms with Crippen LogP contribution in [-0.4, -0.2) is 116 Å². The van der Waals surface area contributed by atoms with E-state index in [0.29, 0.717) is 39.0 Å². The van der Waals surface area contributed by atoms with Gasteiger partial charge in [-0.3, -0.25) is 4.79 Å². The Labute approximate surface area is 215 Å². The van der Waals surface area contributed by atoms with Crippen molar-refractivity contribution in [3.05, 3.63) is 71.8 Å². The third-order valence-electron chi connectivity index (χ3n) is 6.67. The zero-order valence-electron chi connectivity index (χ0n) is 21.8. The summed E-state index contributed by atoms with van der Waals surface area (Å²) in [6.07, 6.45) is 1.08. The highest BCUT2D eigenvalue weighted by molar-refractivity contribution is 5.87. The molecule has 2 aromatic rings. The van der Waals surface area contributed by atoms with E-state index in [9.17, 15) is 14.7 Å². The van der Waals surface area contributed by atoms with E-state index in [1.54, 1.807) is 4.90 Å². The predicted octanol–water partition coefficient (Wildman–Crippen LogP) is 1.55. The number of aliphatic hydroxyl groups excluding tert-OH is 1. The largest absolute Gasteiger partial charge is 0.394 e. The van der Waals surface area contributed by atoms with Gasteiger partial charge in [-0.1, -0.05) is 60.7 Å². The van der Waals surface area contributed by atoms with Gasteiger partial charge in [0.25, 0.3) is 0 Å². The molecule has 2 aromatic carbocycles. The Hall–Kier alpha value is -2.94. The number of rotatable bonds is 11. The van der Waals surface area contributed by atoms with Crippen molar-refractivity contribution in [2.45, 2.75) is 24.9 Å². The number of aliphatic hydroxyl groups is 1. The summed E-state index contributed by atoms with van der Waals surface area (Å²) in [6, 6.07) is 18.4. The standard InChI is InChI=1S/C28H41N5O3/c1-30(2)21-25(22-34)33(15-14-23-10-6-4-7-11-23)28(36)29-26(20-24-12-8-5-9-13-24)27(35)32-18-16-31(3)17-19-32/h4-13,25-26,34H,14-22H2,1-3H3,(H,29,36). The smallest absolute Gasteiger partial charge is 0.318 e. The highest BCUT2D eigenvalue weighted by Gasteiger charge is 2.31. The summed E-state index contributed by atoms with van der Waals surface area (Å²) in [6.45, 7) is 3.73. The Morgan fingerprint density at radius 2 is 1.53 bits per heavy atom. The molecule has 1 saturated heterocycles. The Morgan fingerprint density at radius 1 is 0.944 bits per heavy atom. The van der Waals surface area contributed by atoms with E-state index in [2.05, 4.69) is 17.3 Å². The lowest BCUT2D eigenvalue weighted by Gasteiger charge is -2.37. The van der Waals surface area contributed by atoms with Gasteiger partial charge in [0, 0.05) is 45.7 Å². The molecular weight excluding hydrogens is 454 g/mol. The Bertz CT molecular complexity index is 933. The maximum absolute atomic E-state index is 13.7. The fourth-order valence-corrected chi connectivity index (χ4v) is 4.55. The van der Waals surface area contributed by atoms with Crippen molar-refractivity contribution in [1.82, 2.24) is 24.9 Å². The minimum atomic E-state index is -0.679. The summed E-state index contributed by atoms with van der Waals surface area (Å²) in [4.78, 5) is 35.0. The number of nitrogens with one attached hydrogen (secondary N) is 1. The van der Waals surface area contributed by atoms with Gasteiger partial charge in [-0.05, 0) is 38.7 Å². The third-order valence-corrected chi connectivity index (χ3v) is 6.67. The van der Waals surface area contributed by atoms with E-state index in [-0.39, 0.29) is 24.6 Å². The highest BCUT2D eigenvalue weighted by Crippen LogP contribution is 2.12. The van der Waals surface area contributed by atoms with Crippen molar-refractivity contribution in [3.63, 3.8) is 0 Å². The monoisotopic (exact) mass is 495 g/mol. The van der Waals surface area contributed by atoms with Gasteiger partial charge in [0.15, 0.2) is 0 Å². The average Bonchev–Trinajstić information content (AvgIpc) is 2.88. The van der Waals surface area contributed by atoms with Crippen LogP contribution in [0.25, 0.3) is 0 Å². The van der Waals surface area contributed by atoms with Crippen molar-refractivity contribution in [3.8, 4) is 0 Å². The van der Waals surface area contributed by atoms with Gasteiger partial charge in [0.1, 0.15) is 6.04 Å². The number of benzene rings is 2. The maximum Gasteiger partial charge on any atom is 0.318 e. The molecule has 8 heteroatoms. The molecule has 1 aliphatic rings. The molecule has 0 bridgehead atoms. The number of amides is 3. The lowest BCUT2D eigenvalue weighted by atomic mass is 10.0. The van der Waals surface area contributed by atoms with Gasteiger partial charge < -0.3 is 30.0 Å². The second kappa shape index (κ2) is 14.0. The fraction of sp³-hybridized carbons (Fsp3) is 0.500. The molecule has 0 spiro atoms. The van der Waals surface area contributed by atoms with Crippen molar-refractivity contribution < 1.29 is 14.7 Å². The molecule has 1 aliphatic heterocycles. The van der Waals surface area contributed by atoms with Crippen LogP contribution in [0.3, 0.4) is 0 Å². The number of likely N-dealkylation sites (N-methyl/N-ethyl adjacent to an activating group) is 2. The molecule has 2 N–H and O–H groups in total. The Kier molecular flexibility index (Phi) is 10.7. The number of hydrogen-bond acceptors (Lipinski definition) is 5. The summed E-state index contributed by atoms with van der Waals surface area (Å²) < 4.78 is 0. The number of carbonyl (C=O) groups is 2. The number of urea groups is 1. The maximum atomic E-state index is 13.7. The van der Waals surface area contributed by atoms with Crippen LogP contribution < -0.4 is 5.32 Å². The van der Waals surface area contributed by atoms with Gasteiger partial charge in [-0.15, -0.1) is 0 Å². The molecule has 1 fully saturated rings. The molecule has 0 aromatic heterocycles. The number of carbonyl (C=O) groups excluding carboxylic acids is 2. The molecule has 0 aliphatic carbocycles. The van der Waals surface area contributed by atoms with Crippen LogP contribution in [0, 0.1) is 0 Å². The summed E-state index contributed by atoms with van der Waals surface area (Å²) in [5.74, 6) is -0.0588. The topological polar surface area (TPSA) is 79.4 Å². The summed E-state index contributed by atoms with van der Waals surface area (Å²) >= 11 is 0. The average molecular weight is 496 g/mol. The first-order chi connectivity index (χ1) is 17.4. The quantitative estimate of drug-likeness (QED) is 0.495. The van der Waals surface area contributed by atoms with E-state index in [4.69, 9.17) is 0 Å². The lowest BCUT2D eigenvalue weighted by Crippen LogP contribution is -2.59. The number of nitrogens with zero attached hydrogens (tertiary/aromatic N) is 4. The Morgan fingerprint density at radius 3 is 2.08 bits per heavy atom.